The van der Waals surface area contributed by atoms with Crippen LogP contribution in [0.2, 0.25) is 0 Å². The standard InChI is InChI=1S/C16H14FNO2/c1-2-20-16(19)14-11-18-10-9-12(14)7-8-13-5-3-4-6-15(13)17/h3-11H,2H2,1H3/b8-7+. The van der Waals surface area contributed by atoms with Crippen LogP contribution in [0.15, 0.2) is 42.7 Å². The fraction of sp³-hybridized carbons (Fsp3) is 0.125. The van der Waals surface area contributed by atoms with Gasteiger partial charge in [-0.25, -0.2) is 9.18 Å². The Morgan fingerprint density at radius 3 is 2.75 bits per heavy atom. The quantitative estimate of drug-likeness (QED) is 0.798. The van der Waals surface area contributed by atoms with Crippen LogP contribution in [0.4, 0.5) is 4.39 Å². The number of nitrogens with zero attached hydrogens (tertiary/aromatic N) is 1. The van der Waals surface area contributed by atoms with E-state index in [0.29, 0.717) is 23.3 Å². The summed E-state index contributed by atoms with van der Waals surface area (Å²) >= 11 is 0. The minimum absolute atomic E-state index is 0.296. The van der Waals surface area contributed by atoms with E-state index < -0.39 is 5.97 Å². The fourth-order valence-electron chi connectivity index (χ4n) is 1.72. The lowest BCUT2D eigenvalue weighted by atomic mass is 10.1. The zero-order valence-electron chi connectivity index (χ0n) is 11.0. The molecular formula is C16H14FNO2. The van der Waals surface area contributed by atoms with Crippen LogP contribution in [-0.2, 0) is 4.74 Å². The molecule has 0 saturated heterocycles. The molecule has 0 aliphatic heterocycles. The summed E-state index contributed by atoms with van der Waals surface area (Å²) in [4.78, 5) is 15.7. The molecule has 0 fully saturated rings. The number of pyridine rings is 1. The van der Waals surface area contributed by atoms with Crippen molar-refractivity contribution >= 4 is 18.1 Å². The van der Waals surface area contributed by atoms with Crippen LogP contribution >= 0.6 is 0 Å². The van der Waals surface area contributed by atoms with Crippen molar-refractivity contribution in [1.29, 1.82) is 0 Å². The molecule has 0 bridgehead atoms. The van der Waals surface area contributed by atoms with E-state index in [1.165, 1.54) is 12.3 Å². The smallest absolute Gasteiger partial charge is 0.340 e. The Hall–Kier alpha value is -2.49. The Bertz CT molecular complexity index is 638. The SMILES string of the molecule is CCOC(=O)c1cnccc1/C=C/c1ccccc1F. The third-order valence-electron chi connectivity index (χ3n) is 2.70. The predicted octanol–water partition coefficient (Wildman–Crippen LogP) is 3.57. The highest BCUT2D eigenvalue weighted by molar-refractivity contribution is 5.94. The molecule has 0 amide bonds. The van der Waals surface area contributed by atoms with E-state index >= 15 is 0 Å². The molecular weight excluding hydrogens is 257 g/mol. The molecule has 1 aromatic carbocycles. The first-order valence-electron chi connectivity index (χ1n) is 6.26. The van der Waals surface area contributed by atoms with Crippen LogP contribution in [-0.4, -0.2) is 17.6 Å². The van der Waals surface area contributed by atoms with Crippen LogP contribution in [0.5, 0.6) is 0 Å². The van der Waals surface area contributed by atoms with Crippen molar-refractivity contribution in [2.24, 2.45) is 0 Å². The molecule has 102 valence electrons. The molecule has 1 aromatic heterocycles. The summed E-state index contributed by atoms with van der Waals surface area (Å²) < 4.78 is 18.5. The summed E-state index contributed by atoms with van der Waals surface area (Å²) in [5, 5.41) is 0. The molecule has 0 aliphatic rings. The first-order valence-corrected chi connectivity index (χ1v) is 6.26. The minimum Gasteiger partial charge on any atom is -0.462 e. The van der Waals surface area contributed by atoms with Gasteiger partial charge in [0.1, 0.15) is 5.82 Å². The van der Waals surface area contributed by atoms with Gasteiger partial charge in [-0.15, -0.1) is 0 Å². The number of hydrogen-bond acceptors (Lipinski definition) is 3. The van der Waals surface area contributed by atoms with Crippen LogP contribution in [0.25, 0.3) is 12.2 Å². The fourth-order valence-corrected chi connectivity index (χ4v) is 1.72. The van der Waals surface area contributed by atoms with Crippen molar-refractivity contribution in [3.05, 3.63) is 65.2 Å². The zero-order chi connectivity index (χ0) is 14.4. The van der Waals surface area contributed by atoms with E-state index in [4.69, 9.17) is 4.74 Å². The van der Waals surface area contributed by atoms with Crippen molar-refractivity contribution in [2.45, 2.75) is 6.92 Å². The second-order valence-corrected chi connectivity index (χ2v) is 4.04. The van der Waals surface area contributed by atoms with Gasteiger partial charge in [0, 0.05) is 18.0 Å². The largest absolute Gasteiger partial charge is 0.462 e. The number of hydrogen-bond donors (Lipinski definition) is 0. The first kappa shape index (κ1) is 13.9. The molecule has 1 heterocycles. The van der Waals surface area contributed by atoms with Crippen LogP contribution in [0.3, 0.4) is 0 Å². The number of ether oxygens (including phenoxy) is 1. The second kappa shape index (κ2) is 6.61. The summed E-state index contributed by atoms with van der Waals surface area (Å²) in [5.41, 5.74) is 1.46. The normalized spacial score (nSPS) is 10.7. The summed E-state index contributed by atoms with van der Waals surface area (Å²) in [6, 6.07) is 8.11. The lowest BCUT2D eigenvalue weighted by Gasteiger charge is -2.04. The van der Waals surface area contributed by atoms with Crippen LogP contribution in [0.1, 0.15) is 28.4 Å². The summed E-state index contributed by atoms with van der Waals surface area (Å²) in [6.07, 6.45) is 6.31. The maximum atomic E-state index is 13.5. The topological polar surface area (TPSA) is 39.2 Å². The van der Waals surface area contributed by atoms with Crippen molar-refractivity contribution in [2.75, 3.05) is 6.61 Å². The lowest BCUT2D eigenvalue weighted by molar-refractivity contribution is 0.0525. The van der Waals surface area contributed by atoms with E-state index in [1.807, 2.05) is 0 Å². The Balaban J connectivity index is 2.30. The maximum Gasteiger partial charge on any atom is 0.340 e. The predicted molar refractivity (Wildman–Crippen MR) is 75.5 cm³/mol. The van der Waals surface area contributed by atoms with E-state index in [2.05, 4.69) is 4.98 Å². The average molecular weight is 271 g/mol. The molecule has 0 atom stereocenters. The highest BCUT2D eigenvalue weighted by atomic mass is 19.1. The van der Waals surface area contributed by atoms with E-state index in [9.17, 15) is 9.18 Å². The summed E-state index contributed by atoms with van der Waals surface area (Å²) in [6.45, 7) is 2.04. The summed E-state index contributed by atoms with van der Waals surface area (Å²) in [5.74, 6) is -0.746. The summed E-state index contributed by atoms with van der Waals surface area (Å²) in [7, 11) is 0. The Labute approximate surface area is 116 Å². The molecule has 2 aromatic rings. The monoisotopic (exact) mass is 271 g/mol. The van der Waals surface area contributed by atoms with Crippen molar-refractivity contribution < 1.29 is 13.9 Å². The highest BCUT2D eigenvalue weighted by Crippen LogP contribution is 2.15. The van der Waals surface area contributed by atoms with Gasteiger partial charge in [0.15, 0.2) is 0 Å². The molecule has 0 N–H and O–H groups in total. The van der Waals surface area contributed by atoms with Gasteiger partial charge in [-0.1, -0.05) is 30.4 Å². The van der Waals surface area contributed by atoms with Gasteiger partial charge in [-0.3, -0.25) is 4.98 Å². The number of rotatable bonds is 4. The lowest BCUT2D eigenvalue weighted by Crippen LogP contribution is -2.06. The number of benzene rings is 1. The number of carbonyl (C=O) groups excluding carboxylic acids is 1. The van der Waals surface area contributed by atoms with Crippen molar-refractivity contribution in [3.63, 3.8) is 0 Å². The number of halogens is 1. The maximum absolute atomic E-state index is 13.5. The number of esters is 1. The Morgan fingerprint density at radius 1 is 1.25 bits per heavy atom. The van der Waals surface area contributed by atoms with E-state index in [-0.39, 0.29) is 5.82 Å². The average Bonchev–Trinajstić information content (AvgIpc) is 2.47. The zero-order valence-corrected chi connectivity index (χ0v) is 11.0. The highest BCUT2D eigenvalue weighted by Gasteiger charge is 2.10. The molecule has 0 unspecified atom stereocenters. The van der Waals surface area contributed by atoms with Gasteiger partial charge in [0.25, 0.3) is 0 Å². The molecule has 20 heavy (non-hydrogen) atoms. The van der Waals surface area contributed by atoms with Crippen LogP contribution < -0.4 is 0 Å². The first-order chi connectivity index (χ1) is 9.72. The van der Waals surface area contributed by atoms with Crippen LogP contribution in [0, 0.1) is 5.82 Å². The van der Waals surface area contributed by atoms with Gasteiger partial charge in [-0.2, -0.15) is 0 Å². The molecule has 0 saturated carbocycles. The van der Waals surface area contributed by atoms with E-state index in [1.54, 1.807) is 49.5 Å². The number of aromatic nitrogens is 1. The van der Waals surface area contributed by atoms with Gasteiger partial charge >= 0.3 is 5.97 Å². The Kier molecular flexibility index (Phi) is 4.60. The molecule has 4 heteroatoms. The molecule has 0 aliphatic carbocycles. The molecule has 2 rings (SSSR count). The van der Waals surface area contributed by atoms with Gasteiger partial charge in [0.2, 0.25) is 0 Å². The second-order valence-electron chi connectivity index (χ2n) is 4.04. The third-order valence-corrected chi connectivity index (χ3v) is 2.70. The number of carbonyl (C=O) groups is 1. The van der Waals surface area contributed by atoms with Gasteiger partial charge in [0.05, 0.1) is 12.2 Å². The molecule has 0 spiro atoms. The van der Waals surface area contributed by atoms with E-state index in [0.717, 1.165) is 0 Å². The van der Waals surface area contributed by atoms with Gasteiger partial charge in [-0.05, 0) is 24.6 Å². The Morgan fingerprint density at radius 2 is 2.00 bits per heavy atom. The van der Waals surface area contributed by atoms with Crippen molar-refractivity contribution in [1.82, 2.24) is 4.98 Å². The molecule has 3 nitrogen and oxygen atoms in total. The minimum atomic E-state index is -0.436. The van der Waals surface area contributed by atoms with Gasteiger partial charge < -0.3 is 4.74 Å². The molecule has 0 radical (unpaired) electrons. The third kappa shape index (κ3) is 3.29. The van der Waals surface area contributed by atoms with Crippen molar-refractivity contribution in [3.8, 4) is 0 Å².